The average molecular weight is 341 g/mol. The molecule has 1 amide bonds. The third-order valence-corrected chi connectivity index (χ3v) is 4.07. The number of ether oxygens (including phenoxy) is 1. The van der Waals surface area contributed by atoms with E-state index >= 15 is 0 Å². The zero-order valence-corrected chi connectivity index (χ0v) is 16.4. The van der Waals surface area contributed by atoms with Crippen LogP contribution in [0.1, 0.15) is 54.4 Å². The quantitative estimate of drug-likeness (QED) is 0.617. The lowest BCUT2D eigenvalue weighted by Crippen LogP contribution is -2.47. The Kier molecular flexibility index (Phi) is 8.36. The highest BCUT2D eigenvalue weighted by Crippen LogP contribution is 2.20. The molecule has 0 bridgehead atoms. The van der Waals surface area contributed by atoms with Crippen LogP contribution in [0.4, 0.5) is 4.79 Å². The molecular weight excluding hydrogens is 304 g/mol. The molecule has 1 fully saturated rings. The van der Waals surface area contributed by atoms with Crippen LogP contribution in [0.5, 0.6) is 0 Å². The first kappa shape index (κ1) is 20.6. The van der Waals surface area contributed by atoms with Gasteiger partial charge in [0.25, 0.3) is 0 Å². The number of carbonyl (C=O) groups is 1. The summed E-state index contributed by atoms with van der Waals surface area (Å²) in [6, 6.07) is 0. The Labute approximate surface area is 147 Å². The molecule has 1 aliphatic rings. The number of amides is 1. The van der Waals surface area contributed by atoms with E-state index in [2.05, 4.69) is 29.1 Å². The molecule has 0 aliphatic carbocycles. The monoisotopic (exact) mass is 340 g/mol. The van der Waals surface area contributed by atoms with Gasteiger partial charge in [-0.25, -0.2) is 4.79 Å². The van der Waals surface area contributed by atoms with Crippen molar-refractivity contribution in [2.45, 2.75) is 60.0 Å². The number of piperidine rings is 1. The molecule has 0 aromatic carbocycles. The fourth-order valence-electron chi connectivity index (χ4n) is 2.87. The van der Waals surface area contributed by atoms with E-state index in [9.17, 15) is 4.79 Å². The predicted molar refractivity (Wildman–Crippen MR) is 99.4 cm³/mol. The van der Waals surface area contributed by atoms with Crippen LogP contribution in [0.2, 0.25) is 0 Å². The second-order valence-electron chi connectivity index (χ2n) is 7.28. The minimum Gasteiger partial charge on any atom is -0.444 e. The summed E-state index contributed by atoms with van der Waals surface area (Å²) < 4.78 is 5.50. The first-order chi connectivity index (χ1) is 11.3. The molecule has 1 rings (SSSR count). The Hall–Kier alpha value is -1.46. The van der Waals surface area contributed by atoms with Crippen molar-refractivity contribution in [2.75, 3.05) is 39.3 Å². The molecule has 0 saturated carbocycles. The van der Waals surface area contributed by atoms with Gasteiger partial charge in [0, 0.05) is 39.3 Å². The van der Waals surface area contributed by atoms with Gasteiger partial charge < -0.3 is 19.9 Å². The van der Waals surface area contributed by atoms with Crippen molar-refractivity contribution in [1.29, 1.82) is 0 Å². The number of aliphatic imine (C=N–C) groups is 1. The van der Waals surface area contributed by atoms with Crippen molar-refractivity contribution in [3.05, 3.63) is 0 Å². The Morgan fingerprint density at radius 3 is 2.33 bits per heavy atom. The number of nitrogens with zero attached hydrogens (tertiary/aromatic N) is 3. The molecule has 1 heterocycles. The first-order valence-corrected chi connectivity index (χ1v) is 9.31. The van der Waals surface area contributed by atoms with Crippen LogP contribution in [0.25, 0.3) is 0 Å². The molecule has 1 aliphatic heterocycles. The second kappa shape index (κ2) is 9.74. The molecule has 1 N–H and O–H groups in total. The number of guanidine groups is 1. The molecular formula is C18H36N4O2. The van der Waals surface area contributed by atoms with Crippen molar-refractivity contribution in [2.24, 2.45) is 10.9 Å². The molecule has 6 nitrogen and oxygen atoms in total. The van der Waals surface area contributed by atoms with E-state index in [0.29, 0.717) is 12.5 Å². The highest BCUT2D eigenvalue weighted by molar-refractivity contribution is 5.80. The smallest absolute Gasteiger partial charge is 0.410 e. The molecule has 0 aromatic heterocycles. The van der Waals surface area contributed by atoms with E-state index in [1.54, 1.807) is 0 Å². The third kappa shape index (κ3) is 6.97. The van der Waals surface area contributed by atoms with E-state index in [0.717, 1.165) is 51.5 Å². The first-order valence-electron chi connectivity index (χ1n) is 9.31. The minimum absolute atomic E-state index is 0.201. The van der Waals surface area contributed by atoms with Crippen LogP contribution in [-0.2, 0) is 4.74 Å². The number of likely N-dealkylation sites (tertiary alicyclic amines) is 1. The molecule has 0 unspecified atom stereocenters. The van der Waals surface area contributed by atoms with Crippen LogP contribution >= 0.6 is 0 Å². The Morgan fingerprint density at radius 1 is 1.25 bits per heavy atom. The van der Waals surface area contributed by atoms with E-state index in [-0.39, 0.29) is 6.09 Å². The molecule has 1 saturated heterocycles. The fourth-order valence-corrected chi connectivity index (χ4v) is 2.87. The van der Waals surface area contributed by atoms with Crippen LogP contribution < -0.4 is 5.32 Å². The zero-order chi connectivity index (χ0) is 18.2. The van der Waals surface area contributed by atoms with E-state index in [4.69, 9.17) is 4.74 Å². The van der Waals surface area contributed by atoms with E-state index < -0.39 is 5.60 Å². The molecule has 0 radical (unpaired) electrons. The van der Waals surface area contributed by atoms with Gasteiger partial charge in [-0.2, -0.15) is 0 Å². The topological polar surface area (TPSA) is 57.2 Å². The van der Waals surface area contributed by atoms with Gasteiger partial charge in [0.2, 0.25) is 0 Å². The van der Waals surface area contributed by atoms with Crippen LogP contribution in [0, 0.1) is 5.92 Å². The Balaban J connectivity index is 2.52. The number of hydrogen-bond acceptors (Lipinski definition) is 3. The number of rotatable bonds is 5. The predicted octanol–water partition coefficient (Wildman–Crippen LogP) is 2.94. The van der Waals surface area contributed by atoms with Crippen molar-refractivity contribution >= 4 is 12.1 Å². The molecule has 0 aromatic rings. The second-order valence-corrected chi connectivity index (χ2v) is 7.28. The summed E-state index contributed by atoms with van der Waals surface area (Å²) in [7, 11) is 0. The fraction of sp³-hybridized carbons (Fsp3) is 0.889. The van der Waals surface area contributed by atoms with Gasteiger partial charge >= 0.3 is 6.09 Å². The highest BCUT2D eigenvalue weighted by atomic mass is 16.6. The summed E-state index contributed by atoms with van der Waals surface area (Å²) in [6.45, 7) is 17.0. The number of carbonyl (C=O) groups excluding carboxylic acids is 1. The van der Waals surface area contributed by atoms with Gasteiger partial charge in [0.1, 0.15) is 5.60 Å². The minimum atomic E-state index is -0.439. The van der Waals surface area contributed by atoms with Gasteiger partial charge in [0.05, 0.1) is 0 Å². The lowest BCUT2D eigenvalue weighted by Gasteiger charge is -2.36. The average Bonchev–Trinajstić information content (AvgIpc) is 2.51. The maximum absolute atomic E-state index is 12.3. The standard InChI is InChI=1S/C18H36N4O2/c1-7-19-16(20-8-2)22-12-10-15(11-13-22)14-21(9-3)17(23)24-18(4,5)6/h15H,7-14H2,1-6H3,(H,19,20). The molecule has 140 valence electrons. The van der Waals surface area contributed by atoms with Crippen LogP contribution in [0.15, 0.2) is 4.99 Å². The molecule has 0 atom stereocenters. The summed E-state index contributed by atoms with van der Waals surface area (Å²) in [5.74, 6) is 1.54. The summed E-state index contributed by atoms with van der Waals surface area (Å²) >= 11 is 0. The third-order valence-electron chi connectivity index (χ3n) is 4.07. The Morgan fingerprint density at radius 2 is 1.88 bits per heavy atom. The van der Waals surface area contributed by atoms with Gasteiger partial charge in [-0.15, -0.1) is 0 Å². The van der Waals surface area contributed by atoms with Crippen molar-refractivity contribution in [1.82, 2.24) is 15.1 Å². The lowest BCUT2D eigenvalue weighted by molar-refractivity contribution is 0.0214. The summed E-state index contributed by atoms with van der Waals surface area (Å²) in [6.07, 6.45) is 1.95. The summed E-state index contributed by atoms with van der Waals surface area (Å²) in [5.41, 5.74) is -0.439. The normalized spacial score (nSPS) is 16.9. The largest absolute Gasteiger partial charge is 0.444 e. The van der Waals surface area contributed by atoms with Crippen LogP contribution in [-0.4, -0.2) is 66.7 Å². The SMILES string of the molecule is CCN=C(NCC)N1CCC(CN(CC)C(=O)OC(C)(C)C)CC1. The Bertz CT molecular complexity index is 410. The number of hydrogen-bond donors (Lipinski definition) is 1. The summed E-state index contributed by atoms with van der Waals surface area (Å²) in [4.78, 5) is 21.0. The van der Waals surface area contributed by atoms with Crippen molar-refractivity contribution in [3.8, 4) is 0 Å². The lowest BCUT2D eigenvalue weighted by atomic mass is 9.96. The summed E-state index contributed by atoms with van der Waals surface area (Å²) in [5, 5.41) is 3.36. The van der Waals surface area contributed by atoms with E-state index in [1.807, 2.05) is 32.6 Å². The molecule has 0 spiro atoms. The van der Waals surface area contributed by atoms with Crippen LogP contribution in [0.3, 0.4) is 0 Å². The van der Waals surface area contributed by atoms with Crippen molar-refractivity contribution in [3.63, 3.8) is 0 Å². The maximum Gasteiger partial charge on any atom is 0.410 e. The molecule has 24 heavy (non-hydrogen) atoms. The zero-order valence-electron chi connectivity index (χ0n) is 16.4. The van der Waals surface area contributed by atoms with E-state index in [1.165, 1.54) is 0 Å². The number of nitrogens with one attached hydrogen (secondary N) is 1. The van der Waals surface area contributed by atoms with Gasteiger partial charge in [-0.05, 0) is 60.3 Å². The van der Waals surface area contributed by atoms with Gasteiger partial charge in [-0.1, -0.05) is 0 Å². The maximum atomic E-state index is 12.3. The van der Waals surface area contributed by atoms with Gasteiger partial charge in [0.15, 0.2) is 5.96 Å². The van der Waals surface area contributed by atoms with Crippen molar-refractivity contribution < 1.29 is 9.53 Å². The van der Waals surface area contributed by atoms with Gasteiger partial charge in [-0.3, -0.25) is 4.99 Å². The highest BCUT2D eigenvalue weighted by Gasteiger charge is 2.26. The molecule has 6 heteroatoms.